The highest BCUT2D eigenvalue weighted by Gasteiger charge is 2.18. The fourth-order valence-electron chi connectivity index (χ4n) is 1.82. The predicted octanol–water partition coefficient (Wildman–Crippen LogP) is 2.88. The average molecular weight is 355 g/mol. The van der Waals surface area contributed by atoms with Crippen LogP contribution in [0.5, 0.6) is 0 Å². The van der Waals surface area contributed by atoms with E-state index < -0.39 is 15.8 Å². The van der Waals surface area contributed by atoms with Crippen molar-refractivity contribution < 1.29 is 12.8 Å². The number of benzene rings is 1. The Hall–Kier alpha value is -2.24. The molecule has 0 saturated heterocycles. The number of hydrogen-bond donors (Lipinski definition) is 1. The Morgan fingerprint density at radius 2 is 2.09 bits per heavy atom. The minimum atomic E-state index is -3.62. The SMILES string of the molecule is CCS(=O)(=O)Nc1cc(-c2ncnc(C)c2Cl)c(F)cc1C#N. The summed E-state index contributed by atoms with van der Waals surface area (Å²) in [5, 5.41) is 9.22. The molecule has 6 nitrogen and oxygen atoms in total. The molecule has 120 valence electrons. The Labute approximate surface area is 138 Å². The lowest BCUT2D eigenvalue weighted by Gasteiger charge is -2.12. The van der Waals surface area contributed by atoms with Gasteiger partial charge in [0.1, 0.15) is 18.2 Å². The molecule has 0 spiro atoms. The highest BCUT2D eigenvalue weighted by molar-refractivity contribution is 7.92. The molecule has 9 heteroatoms. The van der Waals surface area contributed by atoms with Gasteiger partial charge in [0.15, 0.2) is 0 Å². The van der Waals surface area contributed by atoms with E-state index in [4.69, 9.17) is 16.9 Å². The average Bonchev–Trinajstić information content (AvgIpc) is 2.51. The van der Waals surface area contributed by atoms with Gasteiger partial charge in [0.05, 0.1) is 33.4 Å². The molecule has 2 aromatic rings. The molecule has 1 heterocycles. The number of aryl methyl sites for hydroxylation is 1. The predicted molar refractivity (Wildman–Crippen MR) is 85.0 cm³/mol. The van der Waals surface area contributed by atoms with Gasteiger partial charge in [-0.3, -0.25) is 4.72 Å². The van der Waals surface area contributed by atoms with Crippen molar-refractivity contribution in [3.63, 3.8) is 0 Å². The van der Waals surface area contributed by atoms with Gasteiger partial charge in [0.2, 0.25) is 10.0 Å². The lowest BCUT2D eigenvalue weighted by atomic mass is 10.1. The number of anilines is 1. The molecule has 2 rings (SSSR count). The largest absolute Gasteiger partial charge is 0.282 e. The molecule has 0 unspecified atom stereocenters. The molecule has 1 aromatic heterocycles. The number of halogens is 2. The van der Waals surface area contributed by atoms with Gasteiger partial charge in [-0.25, -0.2) is 22.8 Å². The van der Waals surface area contributed by atoms with Gasteiger partial charge in [-0.2, -0.15) is 5.26 Å². The standard InChI is InChI=1S/C14H12ClFN4O2S/c1-3-23(21,22)20-12-5-10(11(16)4-9(12)6-17)14-13(15)8(2)18-7-19-14/h4-5,7,20H,3H2,1-2H3. The topological polar surface area (TPSA) is 95.7 Å². The van der Waals surface area contributed by atoms with Crippen LogP contribution in [0, 0.1) is 24.1 Å². The van der Waals surface area contributed by atoms with Crippen LogP contribution in [0.4, 0.5) is 10.1 Å². The Balaban J connectivity index is 2.67. The second-order valence-corrected chi connectivity index (χ2v) is 7.01. The quantitative estimate of drug-likeness (QED) is 0.910. The number of nitriles is 1. The number of rotatable bonds is 4. The van der Waals surface area contributed by atoms with Crippen molar-refractivity contribution in [2.75, 3.05) is 10.5 Å². The van der Waals surface area contributed by atoms with Crippen LogP contribution in [0.1, 0.15) is 18.2 Å². The molecule has 0 amide bonds. The van der Waals surface area contributed by atoms with Gasteiger partial charge in [0, 0.05) is 5.56 Å². The molecule has 1 aromatic carbocycles. The van der Waals surface area contributed by atoms with Crippen molar-refractivity contribution in [2.45, 2.75) is 13.8 Å². The molecular weight excluding hydrogens is 343 g/mol. The summed E-state index contributed by atoms with van der Waals surface area (Å²) in [6.07, 6.45) is 1.23. The monoisotopic (exact) mass is 354 g/mol. The molecule has 0 fully saturated rings. The van der Waals surface area contributed by atoms with E-state index in [9.17, 15) is 12.8 Å². The Kier molecular flexibility index (Phi) is 4.82. The van der Waals surface area contributed by atoms with Crippen LogP contribution in [0.15, 0.2) is 18.5 Å². The molecule has 0 bridgehead atoms. The first-order valence-corrected chi connectivity index (χ1v) is 8.53. The van der Waals surface area contributed by atoms with E-state index in [1.165, 1.54) is 19.3 Å². The van der Waals surface area contributed by atoms with E-state index in [1.807, 2.05) is 0 Å². The number of sulfonamides is 1. The summed E-state index contributed by atoms with van der Waals surface area (Å²) in [6.45, 7) is 3.08. The normalized spacial score (nSPS) is 11.1. The highest BCUT2D eigenvalue weighted by atomic mass is 35.5. The first kappa shape index (κ1) is 17.1. The smallest absolute Gasteiger partial charge is 0.232 e. The van der Waals surface area contributed by atoms with Crippen molar-refractivity contribution >= 4 is 27.3 Å². The fourth-order valence-corrected chi connectivity index (χ4v) is 2.66. The van der Waals surface area contributed by atoms with Crippen molar-refractivity contribution in [1.29, 1.82) is 5.26 Å². The van der Waals surface area contributed by atoms with Gasteiger partial charge >= 0.3 is 0 Å². The summed E-state index contributed by atoms with van der Waals surface area (Å²) in [4.78, 5) is 7.83. The van der Waals surface area contributed by atoms with Crippen LogP contribution in [-0.4, -0.2) is 24.1 Å². The van der Waals surface area contributed by atoms with Gasteiger partial charge < -0.3 is 0 Å². The van der Waals surface area contributed by atoms with E-state index in [1.54, 1.807) is 13.0 Å². The van der Waals surface area contributed by atoms with Gasteiger partial charge in [0.25, 0.3) is 0 Å². The van der Waals surface area contributed by atoms with Crippen molar-refractivity contribution in [3.8, 4) is 17.3 Å². The number of hydrogen-bond acceptors (Lipinski definition) is 5. The van der Waals surface area contributed by atoms with Gasteiger partial charge in [-0.15, -0.1) is 0 Å². The number of aromatic nitrogens is 2. The van der Waals surface area contributed by atoms with Crippen LogP contribution < -0.4 is 4.72 Å². The summed E-state index contributed by atoms with van der Waals surface area (Å²) >= 11 is 6.09. The maximum Gasteiger partial charge on any atom is 0.232 e. The number of nitrogens with zero attached hydrogens (tertiary/aromatic N) is 3. The van der Waals surface area contributed by atoms with Crippen molar-refractivity contribution in [3.05, 3.63) is 40.6 Å². The molecule has 1 N–H and O–H groups in total. The van der Waals surface area contributed by atoms with E-state index >= 15 is 0 Å². The highest BCUT2D eigenvalue weighted by Crippen LogP contribution is 2.33. The minimum Gasteiger partial charge on any atom is -0.282 e. The van der Waals surface area contributed by atoms with E-state index in [0.717, 1.165) is 6.07 Å². The molecular formula is C14H12ClFN4O2S. The third-order valence-electron chi connectivity index (χ3n) is 3.09. The van der Waals surface area contributed by atoms with Crippen LogP contribution in [0.3, 0.4) is 0 Å². The summed E-state index contributed by atoms with van der Waals surface area (Å²) in [5.74, 6) is -0.918. The zero-order valence-electron chi connectivity index (χ0n) is 12.3. The zero-order valence-corrected chi connectivity index (χ0v) is 13.8. The summed E-state index contributed by atoms with van der Waals surface area (Å²) in [6, 6.07) is 3.90. The maximum atomic E-state index is 14.3. The molecule has 0 radical (unpaired) electrons. The van der Waals surface area contributed by atoms with E-state index in [0.29, 0.717) is 5.69 Å². The Bertz CT molecular complexity index is 910. The lowest BCUT2D eigenvalue weighted by molar-refractivity contribution is 0.602. The lowest BCUT2D eigenvalue weighted by Crippen LogP contribution is -2.15. The van der Waals surface area contributed by atoms with Gasteiger partial charge in [-0.05, 0) is 26.0 Å². The zero-order chi connectivity index (χ0) is 17.2. The first-order chi connectivity index (χ1) is 10.8. The molecule has 23 heavy (non-hydrogen) atoms. The van der Waals surface area contributed by atoms with Crippen LogP contribution in [0.2, 0.25) is 5.02 Å². The number of nitrogens with one attached hydrogen (secondary N) is 1. The van der Waals surface area contributed by atoms with Crippen LogP contribution in [-0.2, 0) is 10.0 Å². The maximum absolute atomic E-state index is 14.3. The van der Waals surface area contributed by atoms with Crippen molar-refractivity contribution in [2.24, 2.45) is 0 Å². The Morgan fingerprint density at radius 3 is 2.70 bits per heavy atom. The fraction of sp³-hybridized carbons (Fsp3) is 0.214. The molecule has 0 aliphatic carbocycles. The van der Waals surface area contributed by atoms with E-state index in [-0.39, 0.29) is 33.3 Å². The van der Waals surface area contributed by atoms with Crippen LogP contribution in [0.25, 0.3) is 11.3 Å². The summed E-state index contributed by atoms with van der Waals surface area (Å²) in [7, 11) is -3.62. The Morgan fingerprint density at radius 1 is 1.39 bits per heavy atom. The second kappa shape index (κ2) is 6.48. The summed E-state index contributed by atoms with van der Waals surface area (Å²) < 4.78 is 40.0. The minimum absolute atomic E-state index is 0.0201. The first-order valence-electron chi connectivity index (χ1n) is 6.50. The van der Waals surface area contributed by atoms with Crippen molar-refractivity contribution in [1.82, 2.24) is 9.97 Å². The van der Waals surface area contributed by atoms with Crippen LogP contribution >= 0.6 is 11.6 Å². The molecule has 0 atom stereocenters. The molecule has 0 aliphatic heterocycles. The third-order valence-corrected chi connectivity index (χ3v) is 4.84. The molecule has 0 saturated carbocycles. The van der Waals surface area contributed by atoms with Gasteiger partial charge in [-0.1, -0.05) is 11.6 Å². The summed E-state index contributed by atoms with van der Waals surface area (Å²) in [5.41, 5.74) is 0.394. The third kappa shape index (κ3) is 3.57. The molecule has 0 aliphatic rings. The second-order valence-electron chi connectivity index (χ2n) is 4.62. The van der Waals surface area contributed by atoms with E-state index in [2.05, 4.69) is 14.7 Å².